The van der Waals surface area contributed by atoms with Crippen LogP contribution in [0.15, 0.2) is 65.7 Å². The Kier molecular flexibility index (Phi) is 7.09. The topological polar surface area (TPSA) is 85.0 Å². The van der Waals surface area contributed by atoms with Gasteiger partial charge in [-0.2, -0.15) is 10.4 Å². The van der Waals surface area contributed by atoms with Crippen molar-refractivity contribution in [3.63, 3.8) is 0 Å². The van der Waals surface area contributed by atoms with E-state index in [0.29, 0.717) is 43.0 Å². The summed E-state index contributed by atoms with van der Waals surface area (Å²) in [4.78, 5) is 5.50. The van der Waals surface area contributed by atoms with Gasteiger partial charge in [0, 0.05) is 23.4 Å². The van der Waals surface area contributed by atoms with E-state index in [0.717, 1.165) is 27.0 Å². The summed E-state index contributed by atoms with van der Waals surface area (Å²) < 4.78 is 13.8. The summed E-state index contributed by atoms with van der Waals surface area (Å²) in [6.07, 6.45) is 4.37. The summed E-state index contributed by atoms with van der Waals surface area (Å²) in [6.45, 7) is 1.38. The van der Waals surface area contributed by atoms with Crippen LogP contribution in [0, 0.1) is 17.2 Å². The number of nitriles is 1. The SMILES string of the molecule is CSc1cc(Nc2nn(C3COCC[C@@H]3C#N)c3ccnc(OCc4ccccc4)c23)ccc1Cl. The molecule has 1 aliphatic rings. The van der Waals surface area contributed by atoms with Gasteiger partial charge in [0.25, 0.3) is 0 Å². The largest absolute Gasteiger partial charge is 0.472 e. The molecule has 5 rings (SSSR count). The van der Waals surface area contributed by atoms with Crippen molar-refractivity contribution >= 4 is 45.8 Å². The lowest BCUT2D eigenvalue weighted by atomic mass is 9.96. The fraction of sp³-hybridized carbons (Fsp3) is 0.269. The van der Waals surface area contributed by atoms with Gasteiger partial charge in [-0.1, -0.05) is 41.9 Å². The van der Waals surface area contributed by atoms with Gasteiger partial charge in [0.2, 0.25) is 5.88 Å². The molecule has 2 atom stereocenters. The van der Waals surface area contributed by atoms with Gasteiger partial charge in [0.15, 0.2) is 5.82 Å². The van der Waals surface area contributed by atoms with Crippen molar-refractivity contribution in [2.24, 2.45) is 5.92 Å². The van der Waals surface area contributed by atoms with Gasteiger partial charge in [0.1, 0.15) is 12.0 Å². The number of nitrogens with zero attached hydrogens (tertiary/aromatic N) is 4. The second-order valence-corrected chi connectivity index (χ2v) is 9.47. The van der Waals surface area contributed by atoms with Crippen molar-refractivity contribution in [2.75, 3.05) is 24.8 Å². The van der Waals surface area contributed by atoms with Gasteiger partial charge in [-0.15, -0.1) is 11.8 Å². The quantitative estimate of drug-likeness (QED) is 0.298. The molecule has 0 bridgehead atoms. The Morgan fingerprint density at radius 3 is 2.91 bits per heavy atom. The van der Waals surface area contributed by atoms with E-state index < -0.39 is 0 Å². The summed E-state index contributed by atoms with van der Waals surface area (Å²) in [7, 11) is 0. The molecule has 1 unspecified atom stereocenters. The molecule has 0 aliphatic carbocycles. The van der Waals surface area contributed by atoms with Crippen molar-refractivity contribution < 1.29 is 9.47 Å². The Labute approximate surface area is 213 Å². The number of hydrogen-bond donors (Lipinski definition) is 1. The Morgan fingerprint density at radius 1 is 1.26 bits per heavy atom. The minimum absolute atomic E-state index is 0.194. The van der Waals surface area contributed by atoms with Gasteiger partial charge in [-0.25, -0.2) is 4.98 Å². The first-order chi connectivity index (χ1) is 17.2. The molecule has 4 aromatic rings. The van der Waals surface area contributed by atoms with Crippen molar-refractivity contribution in [2.45, 2.75) is 24.0 Å². The summed E-state index contributed by atoms with van der Waals surface area (Å²) in [5.74, 6) is 0.886. The van der Waals surface area contributed by atoms with Crippen LogP contribution >= 0.6 is 23.4 Å². The first kappa shape index (κ1) is 23.5. The highest BCUT2D eigenvalue weighted by molar-refractivity contribution is 7.98. The molecule has 0 spiro atoms. The van der Waals surface area contributed by atoms with E-state index in [4.69, 9.17) is 26.2 Å². The van der Waals surface area contributed by atoms with Crippen LogP contribution in [-0.2, 0) is 11.3 Å². The lowest BCUT2D eigenvalue weighted by Crippen LogP contribution is -2.30. The molecule has 0 amide bonds. The molecule has 1 N–H and O–H groups in total. The molecule has 2 aromatic heterocycles. The number of aromatic nitrogens is 3. The van der Waals surface area contributed by atoms with Gasteiger partial charge in [-0.05, 0) is 42.5 Å². The second-order valence-electron chi connectivity index (χ2n) is 8.22. The van der Waals surface area contributed by atoms with Crippen LogP contribution in [0.5, 0.6) is 5.88 Å². The lowest BCUT2D eigenvalue weighted by Gasteiger charge is -2.27. The highest BCUT2D eigenvalue weighted by atomic mass is 35.5. The van der Waals surface area contributed by atoms with Crippen LogP contribution in [0.25, 0.3) is 10.9 Å². The normalized spacial score (nSPS) is 17.7. The molecule has 9 heteroatoms. The van der Waals surface area contributed by atoms with E-state index in [2.05, 4.69) is 16.4 Å². The summed E-state index contributed by atoms with van der Waals surface area (Å²) in [5, 5.41) is 19.6. The third-order valence-corrected chi connectivity index (χ3v) is 7.24. The Hall–Kier alpha value is -3.25. The number of hydrogen-bond acceptors (Lipinski definition) is 7. The number of thioether (sulfide) groups is 1. The van der Waals surface area contributed by atoms with Crippen LogP contribution in [-0.4, -0.2) is 34.2 Å². The zero-order valence-corrected chi connectivity index (χ0v) is 20.7. The zero-order chi connectivity index (χ0) is 24.2. The molecule has 1 aliphatic heterocycles. The summed E-state index contributed by atoms with van der Waals surface area (Å²) in [5.41, 5.74) is 2.72. The fourth-order valence-corrected chi connectivity index (χ4v) is 5.08. The van der Waals surface area contributed by atoms with E-state index in [-0.39, 0.29) is 12.0 Å². The number of halogens is 1. The van der Waals surface area contributed by atoms with Crippen LogP contribution in [0.3, 0.4) is 0 Å². The lowest BCUT2D eigenvalue weighted by molar-refractivity contribution is 0.0358. The Morgan fingerprint density at radius 2 is 2.11 bits per heavy atom. The standard InChI is InChI=1S/C26H24ClN5O2S/c1-35-23-13-19(7-8-20(23)27)30-25-24-21(32(31-25)22-16-33-12-10-18(22)14-28)9-11-29-26(24)34-15-17-5-3-2-4-6-17/h2-9,11,13,18,22H,10,12,15-16H2,1H3,(H,30,31)/t18-,22?/m1/s1. The van der Waals surface area contributed by atoms with E-state index in [1.165, 1.54) is 0 Å². The Balaban J connectivity index is 1.58. The first-order valence-electron chi connectivity index (χ1n) is 11.3. The van der Waals surface area contributed by atoms with Crippen LogP contribution in [0.4, 0.5) is 11.5 Å². The molecule has 1 fully saturated rings. The second kappa shape index (κ2) is 10.6. The van der Waals surface area contributed by atoms with Crippen LogP contribution < -0.4 is 10.1 Å². The zero-order valence-electron chi connectivity index (χ0n) is 19.1. The Bertz CT molecular complexity index is 1370. The minimum Gasteiger partial charge on any atom is -0.472 e. The molecule has 3 heterocycles. The smallest absolute Gasteiger partial charge is 0.227 e. The maximum Gasteiger partial charge on any atom is 0.227 e. The van der Waals surface area contributed by atoms with Gasteiger partial charge < -0.3 is 14.8 Å². The maximum absolute atomic E-state index is 9.77. The molecule has 35 heavy (non-hydrogen) atoms. The van der Waals surface area contributed by atoms with Crippen molar-refractivity contribution in [1.82, 2.24) is 14.8 Å². The number of ether oxygens (including phenoxy) is 2. The maximum atomic E-state index is 9.77. The molecule has 1 saturated heterocycles. The highest BCUT2D eigenvalue weighted by Gasteiger charge is 2.31. The number of benzene rings is 2. The third kappa shape index (κ3) is 4.94. The third-order valence-electron chi connectivity index (χ3n) is 6.02. The van der Waals surface area contributed by atoms with E-state index in [1.807, 2.05) is 65.5 Å². The molecule has 0 radical (unpaired) electrons. The molecule has 0 saturated carbocycles. The van der Waals surface area contributed by atoms with Gasteiger partial charge in [0.05, 0.1) is 35.2 Å². The number of nitrogens with one attached hydrogen (secondary N) is 1. The minimum atomic E-state index is -0.205. The van der Waals surface area contributed by atoms with Crippen LogP contribution in [0.2, 0.25) is 5.02 Å². The fourth-order valence-electron chi connectivity index (χ4n) is 4.22. The number of pyridine rings is 1. The summed E-state index contributed by atoms with van der Waals surface area (Å²) >= 11 is 7.89. The average Bonchev–Trinajstić information content (AvgIpc) is 3.27. The molecular weight excluding hydrogens is 482 g/mol. The van der Waals surface area contributed by atoms with Crippen molar-refractivity contribution in [1.29, 1.82) is 5.26 Å². The van der Waals surface area contributed by atoms with E-state index in [1.54, 1.807) is 18.0 Å². The molecular formula is C26H24ClN5O2S. The molecule has 7 nitrogen and oxygen atoms in total. The monoisotopic (exact) mass is 505 g/mol. The van der Waals surface area contributed by atoms with Crippen molar-refractivity contribution in [3.8, 4) is 11.9 Å². The number of anilines is 2. The van der Waals surface area contributed by atoms with Crippen LogP contribution in [0.1, 0.15) is 18.0 Å². The van der Waals surface area contributed by atoms with E-state index in [9.17, 15) is 5.26 Å². The van der Waals surface area contributed by atoms with Gasteiger partial charge in [-0.3, -0.25) is 4.68 Å². The average molecular weight is 506 g/mol. The molecule has 178 valence electrons. The van der Waals surface area contributed by atoms with Gasteiger partial charge >= 0.3 is 0 Å². The van der Waals surface area contributed by atoms with Crippen molar-refractivity contribution in [3.05, 3.63) is 71.4 Å². The number of rotatable bonds is 7. The van der Waals surface area contributed by atoms with E-state index >= 15 is 0 Å². The first-order valence-corrected chi connectivity index (χ1v) is 12.9. The predicted molar refractivity (Wildman–Crippen MR) is 138 cm³/mol. The summed E-state index contributed by atoms with van der Waals surface area (Å²) in [6, 6.07) is 19.8. The molecule has 2 aromatic carbocycles. The number of fused-ring (bicyclic) bond motifs is 1. The predicted octanol–water partition coefficient (Wildman–Crippen LogP) is 6.23. The highest BCUT2D eigenvalue weighted by Crippen LogP contribution is 2.38.